The van der Waals surface area contributed by atoms with Gasteiger partial charge >= 0.3 is 0 Å². The van der Waals surface area contributed by atoms with E-state index < -0.39 is 11.6 Å². The lowest BCUT2D eigenvalue weighted by atomic mass is 9.71. The summed E-state index contributed by atoms with van der Waals surface area (Å²) in [5, 5.41) is 3.49. The average Bonchev–Trinajstić information content (AvgIpc) is 2.32. The molecule has 5 heteroatoms. The van der Waals surface area contributed by atoms with Crippen LogP contribution in [0.25, 0.3) is 0 Å². The van der Waals surface area contributed by atoms with Crippen LogP contribution >= 0.6 is 0 Å². The lowest BCUT2D eigenvalue weighted by Gasteiger charge is -2.50. The van der Waals surface area contributed by atoms with E-state index in [1.807, 2.05) is 0 Å². The van der Waals surface area contributed by atoms with Crippen LogP contribution in [0.1, 0.15) is 5.56 Å². The fourth-order valence-corrected chi connectivity index (χ4v) is 2.96. The zero-order valence-corrected chi connectivity index (χ0v) is 11.0. The zero-order chi connectivity index (χ0) is 13.5. The summed E-state index contributed by atoms with van der Waals surface area (Å²) in [6.45, 7) is 3.92. The lowest BCUT2D eigenvalue weighted by Crippen LogP contribution is -2.66. The van der Waals surface area contributed by atoms with E-state index in [0.29, 0.717) is 13.2 Å². The maximum Gasteiger partial charge on any atom is 0.159 e. The van der Waals surface area contributed by atoms with E-state index in [2.05, 4.69) is 17.3 Å². The van der Waals surface area contributed by atoms with Gasteiger partial charge in [-0.1, -0.05) is 6.07 Å². The van der Waals surface area contributed by atoms with Gasteiger partial charge in [-0.25, -0.2) is 8.78 Å². The van der Waals surface area contributed by atoms with Crippen LogP contribution in [-0.4, -0.2) is 50.8 Å². The summed E-state index contributed by atoms with van der Waals surface area (Å²) in [5.74, 6) is -1.58. The Morgan fingerprint density at radius 1 is 1.32 bits per heavy atom. The molecule has 0 saturated carbocycles. The molecule has 0 spiro atoms. The van der Waals surface area contributed by atoms with E-state index in [0.717, 1.165) is 25.2 Å². The Morgan fingerprint density at radius 2 is 2.11 bits per heavy atom. The molecular weight excluding hydrogens is 250 g/mol. The molecule has 19 heavy (non-hydrogen) atoms. The molecule has 2 heterocycles. The van der Waals surface area contributed by atoms with Gasteiger partial charge in [0.2, 0.25) is 0 Å². The number of hydrogen-bond donors (Lipinski definition) is 1. The highest BCUT2D eigenvalue weighted by molar-refractivity contribution is 5.32. The zero-order valence-electron chi connectivity index (χ0n) is 11.0. The van der Waals surface area contributed by atoms with Crippen molar-refractivity contribution in [1.29, 1.82) is 0 Å². The third-order valence-corrected chi connectivity index (χ3v) is 4.26. The van der Waals surface area contributed by atoms with Crippen molar-refractivity contribution in [1.82, 2.24) is 10.2 Å². The Morgan fingerprint density at radius 3 is 2.68 bits per heavy atom. The molecule has 2 aliphatic heterocycles. The molecule has 1 N–H and O–H groups in total. The Bertz CT molecular complexity index is 477. The smallest absolute Gasteiger partial charge is 0.159 e. The largest absolute Gasteiger partial charge is 0.379 e. The summed E-state index contributed by atoms with van der Waals surface area (Å²) >= 11 is 0. The summed E-state index contributed by atoms with van der Waals surface area (Å²) in [7, 11) is 2.08. The monoisotopic (exact) mass is 268 g/mol. The molecule has 104 valence electrons. The topological polar surface area (TPSA) is 24.5 Å². The summed E-state index contributed by atoms with van der Waals surface area (Å²) in [5.41, 5.74) is 0.592. The van der Waals surface area contributed by atoms with Crippen LogP contribution in [0.4, 0.5) is 8.78 Å². The minimum absolute atomic E-state index is 0.213. The van der Waals surface area contributed by atoms with Gasteiger partial charge in [-0.2, -0.15) is 0 Å². The van der Waals surface area contributed by atoms with Crippen molar-refractivity contribution in [2.75, 3.05) is 39.9 Å². The number of nitrogens with one attached hydrogen (secondary N) is 1. The number of hydrogen-bond acceptors (Lipinski definition) is 3. The number of likely N-dealkylation sites (N-methyl/N-ethyl adjacent to an activating group) is 1. The normalized spacial score (nSPS) is 27.0. The fraction of sp³-hybridized carbons (Fsp3) is 0.571. The highest BCUT2D eigenvalue weighted by Gasteiger charge is 2.48. The van der Waals surface area contributed by atoms with Crippen molar-refractivity contribution in [3.63, 3.8) is 0 Å². The predicted octanol–water partition coefficient (Wildman–Crippen LogP) is 1.14. The molecule has 1 atom stereocenters. The summed E-state index contributed by atoms with van der Waals surface area (Å²) < 4.78 is 31.9. The van der Waals surface area contributed by atoms with Gasteiger partial charge in [-0.3, -0.25) is 0 Å². The second-order valence-electron chi connectivity index (χ2n) is 5.55. The molecule has 3 rings (SSSR count). The number of ether oxygens (including phenoxy) is 1. The van der Waals surface area contributed by atoms with Gasteiger partial charge < -0.3 is 15.0 Å². The molecule has 0 aliphatic carbocycles. The maximum absolute atomic E-state index is 13.5. The number of piperazine rings is 1. The van der Waals surface area contributed by atoms with Crippen LogP contribution in [-0.2, 0) is 10.2 Å². The second kappa shape index (κ2) is 4.81. The van der Waals surface area contributed by atoms with E-state index in [1.54, 1.807) is 6.07 Å². The predicted molar refractivity (Wildman–Crippen MR) is 68.1 cm³/mol. The SMILES string of the molecule is CN1CCNC(C2(c3ccc(F)c(F)c3)COC2)C1. The van der Waals surface area contributed by atoms with Crippen LogP contribution in [0.15, 0.2) is 18.2 Å². The van der Waals surface area contributed by atoms with Gasteiger partial charge in [0.1, 0.15) is 0 Å². The fourth-order valence-electron chi connectivity index (χ4n) is 2.96. The van der Waals surface area contributed by atoms with E-state index in [9.17, 15) is 8.78 Å². The first-order valence-corrected chi connectivity index (χ1v) is 6.57. The highest BCUT2D eigenvalue weighted by atomic mass is 19.2. The van der Waals surface area contributed by atoms with Gasteiger partial charge in [0.15, 0.2) is 11.6 Å². The first-order chi connectivity index (χ1) is 9.12. The third kappa shape index (κ3) is 2.16. The van der Waals surface area contributed by atoms with E-state index in [-0.39, 0.29) is 11.5 Å². The molecule has 1 aromatic carbocycles. The molecule has 2 saturated heterocycles. The quantitative estimate of drug-likeness (QED) is 0.870. The Hall–Kier alpha value is -1.04. The minimum atomic E-state index is -0.798. The Balaban J connectivity index is 1.91. The summed E-state index contributed by atoms with van der Waals surface area (Å²) in [6, 6.07) is 4.41. The first kappa shape index (κ1) is 13.0. The molecular formula is C14H18F2N2O. The van der Waals surface area contributed by atoms with Crippen molar-refractivity contribution in [3.05, 3.63) is 35.4 Å². The van der Waals surface area contributed by atoms with Crippen LogP contribution < -0.4 is 5.32 Å². The Labute approximate surface area is 111 Å². The van der Waals surface area contributed by atoms with Gasteiger partial charge in [-0.15, -0.1) is 0 Å². The van der Waals surface area contributed by atoms with Crippen LogP contribution in [0.5, 0.6) is 0 Å². The van der Waals surface area contributed by atoms with Crippen molar-refractivity contribution in [2.24, 2.45) is 0 Å². The first-order valence-electron chi connectivity index (χ1n) is 6.57. The molecule has 1 aromatic rings. The second-order valence-corrected chi connectivity index (χ2v) is 5.55. The lowest BCUT2D eigenvalue weighted by molar-refractivity contribution is -0.0866. The molecule has 1 unspecified atom stereocenters. The standard InChI is InChI=1S/C14H18F2N2O/c1-18-5-4-17-13(7-18)14(8-19-9-14)10-2-3-11(15)12(16)6-10/h2-3,6,13,17H,4-5,7-9H2,1H3. The number of rotatable bonds is 2. The molecule has 2 fully saturated rings. The van der Waals surface area contributed by atoms with E-state index in [4.69, 9.17) is 4.74 Å². The summed E-state index contributed by atoms with van der Waals surface area (Å²) in [4.78, 5) is 2.25. The third-order valence-electron chi connectivity index (χ3n) is 4.26. The van der Waals surface area contributed by atoms with Gasteiger partial charge in [0, 0.05) is 25.7 Å². The van der Waals surface area contributed by atoms with Crippen LogP contribution in [0.3, 0.4) is 0 Å². The van der Waals surface area contributed by atoms with Crippen LogP contribution in [0.2, 0.25) is 0 Å². The average molecular weight is 268 g/mol. The Kier molecular flexibility index (Phi) is 3.28. The maximum atomic E-state index is 13.5. The molecule has 0 aromatic heterocycles. The van der Waals surface area contributed by atoms with Gasteiger partial charge in [0.25, 0.3) is 0 Å². The van der Waals surface area contributed by atoms with Crippen LogP contribution in [0, 0.1) is 11.6 Å². The van der Waals surface area contributed by atoms with Crippen molar-refractivity contribution in [2.45, 2.75) is 11.5 Å². The molecule has 0 bridgehead atoms. The summed E-state index contributed by atoms with van der Waals surface area (Å²) in [6.07, 6.45) is 0. The molecule has 2 aliphatic rings. The number of nitrogens with zero attached hydrogens (tertiary/aromatic N) is 1. The molecule has 3 nitrogen and oxygen atoms in total. The molecule has 0 amide bonds. The van der Waals surface area contributed by atoms with E-state index in [1.165, 1.54) is 12.1 Å². The van der Waals surface area contributed by atoms with Crippen molar-refractivity contribution in [3.8, 4) is 0 Å². The van der Waals surface area contributed by atoms with Gasteiger partial charge in [0.05, 0.1) is 18.6 Å². The van der Waals surface area contributed by atoms with Gasteiger partial charge in [-0.05, 0) is 24.7 Å². The minimum Gasteiger partial charge on any atom is -0.379 e. The highest BCUT2D eigenvalue weighted by Crippen LogP contribution is 2.37. The number of halogens is 2. The van der Waals surface area contributed by atoms with Crippen molar-refractivity contribution >= 4 is 0 Å². The van der Waals surface area contributed by atoms with Crippen molar-refractivity contribution < 1.29 is 13.5 Å². The molecule has 0 radical (unpaired) electrons. The van der Waals surface area contributed by atoms with E-state index >= 15 is 0 Å². The number of benzene rings is 1.